The van der Waals surface area contributed by atoms with Crippen molar-refractivity contribution in [1.29, 1.82) is 0 Å². The minimum absolute atomic E-state index is 0.804. The minimum Gasteiger partial charge on any atom is -0.316 e. The Morgan fingerprint density at radius 3 is 2.73 bits per heavy atom. The lowest BCUT2D eigenvalue weighted by molar-refractivity contribution is 0.246. The average molecular weight is 212 g/mol. The van der Waals surface area contributed by atoms with E-state index >= 15 is 0 Å². The molecular formula is C13H28N2. The highest BCUT2D eigenvalue weighted by Gasteiger charge is 2.14. The van der Waals surface area contributed by atoms with E-state index in [4.69, 9.17) is 0 Å². The summed E-state index contributed by atoms with van der Waals surface area (Å²) in [5, 5.41) is 3.44. The molecule has 0 spiro atoms. The summed E-state index contributed by atoms with van der Waals surface area (Å²) in [7, 11) is 0. The molecule has 0 radical (unpaired) electrons. The Morgan fingerprint density at radius 2 is 2.20 bits per heavy atom. The van der Waals surface area contributed by atoms with E-state index in [1.54, 1.807) is 0 Å². The van der Waals surface area contributed by atoms with Crippen LogP contribution in [0.2, 0.25) is 0 Å². The van der Waals surface area contributed by atoms with E-state index in [9.17, 15) is 0 Å². The Bertz CT molecular complexity index is 151. The molecule has 1 aliphatic rings. The summed E-state index contributed by atoms with van der Waals surface area (Å²) in [4.78, 5) is 2.59. The molecule has 1 fully saturated rings. The van der Waals surface area contributed by atoms with E-state index < -0.39 is 0 Å². The fourth-order valence-electron chi connectivity index (χ4n) is 2.46. The van der Waals surface area contributed by atoms with Crippen LogP contribution in [0.15, 0.2) is 0 Å². The normalized spacial score (nSPS) is 21.8. The van der Waals surface area contributed by atoms with Crippen LogP contribution < -0.4 is 5.32 Å². The first-order valence-corrected chi connectivity index (χ1v) is 6.65. The molecule has 1 rings (SSSR count). The molecule has 0 saturated carbocycles. The van der Waals surface area contributed by atoms with E-state index in [2.05, 4.69) is 31.0 Å². The average Bonchev–Trinajstić information content (AvgIpc) is 2.68. The highest BCUT2D eigenvalue weighted by molar-refractivity contribution is 4.71. The lowest BCUT2D eigenvalue weighted by atomic mass is 10.0. The van der Waals surface area contributed by atoms with E-state index in [0.29, 0.717) is 0 Å². The van der Waals surface area contributed by atoms with Gasteiger partial charge in [0.25, 0.3) is 0 Å². The Balaban J connectivity index is 2.05. The van der Waals surface area contributed by atoms with Crippen LogP contribution in [0.1, 0.15) is 40.0 Å². The lowest BCUT2D eigenvalue weighted by Crippen LogP contribution is -2.29. The second kappa shape index (κ2) is 7.24. The smallest absolute Gasteiger partial charge is 0.000427 e. The van der Waals surface area contributed by atoms with Gasteiger partial charge in [0.05, 0.1) is 0 Å². The van der Waals surface area contributed by atoms with E-state index in [-0.39, 0.29) is 0 Å². The zero-order valence-electron chi connectivity index (χ0n) is 10.8. The second-order valence-electron chi connectivity index (χ2n) is 5.29. The van der Waals surface area contributed by atoms with E-state index in [1.807, 2.05) is 0 Å². The quantitative estimate of drug-likeness (QED) is 0.697. The summed E-state index contributed by atoms with van der Waals surface area (Å²) in [5.41, 5.74) is 0. The Morgan fingerprint density at radius 1 is 1.40 bits per heavy atom. The number of hydrogen-bond donors (Lipinski definition) is 1. The molecule has 1 heterocycles. The zero-order valence-corrected chi connectivity index (χ0v) is 10.8. The SMILES string of the molecule is CCN(CCCC1CCNC1)CC(C)C. The molecule has 2 nitrogen and oxygen atoms in total. The predicted molar refractivity (Wildman–Crippen MR) is 67.2 cm³/mol. The third kappa shape index (κ3) is 5.53. The standard InChI is InChI=1S/C13H28N2/c1-4-15(11-12(2)3)9-5-6-13-7-8-14-10-13/h12-14H,4-11H2,1-3H3. The third-order valence-electron chi connectivity index (χ3n) is 3.32. The predicted octanol–water partition coefficient (Wildman–Crippen LogP) is 2.35. The van der Waals surface area contributed by atoms with Crippen molar-refractivity contribution in [2.24, 2.45) is 11.8 Å². The van der Waals surface area contributed by atoms with Gasteiger partial charge in [-0.15, -0.1) is 0 Å². The summed E-state index contributed by atoms with van der Waals surface area (Å²) in [6, 6.07) is 0. The van der Waals surface area contributed by atoms with Gasteiger partial charge in [-0.1, -0.05) is 20.8 Å². The van der Waals surface area contributed by atoms with Crippen molar-refractivity contribution < 1.29 is 0 Å². The summed E-state index contributed by atoms with van der Waals surface area (Å²) in [6.45, 7) is 13.2. The lowest BCUT2D eigenvalue weighted by Gasteiger charge is -2.22. The molecule has 1 saturated heterocycles. The molecule has 1 aliphatic heterocycles. The van der Waals surface area contributed by atoms with Crippen LogP contribution in [0.4, 0.5) is 0 Å². The first-order chi connectivity index (χ1) is 7.22. The van der Waals surface area contributed by atoms with Crippen molar-refractivity contribution in [2.75, 3.05) is 32.7 Å². The van der Waals surface area contributed by atoms with Crippen LogP contribution in [0, 0.1) is 11.8 Å². The minimum atomic E-state index is 0.804. The maximum Gasteiger partial charge on any atom is 0.000427 e. The summed E-state index contributed by atoms with van der Waals surface area (Å²) in [5.74, 6) is 1.76. The van der Waals surface area contributed by atoms with E-state index in [0.717, 1.165) is 11.8 Å². The van der Waals surface area contributed by atoms with E-state index in [1.165, 1.54) is 52.0 Å². The van der Waals surface area contributed by atoms with Gasteiger partial charge < -0.3 is 10.2 Å². The van der Waals surface area contributed by atoms with Gasteiger partial charge in [-0.2, -0.15) is 0 Å². The first kappa shape index (κ1) is 13.0. The van der Waals surface area contributed by atoms with Crippen LogP contribution in [-0.4, -0.2) is 37.6 Å². The molecule has 90 valence electrons. The molecule has 1 N–H and O–H groups in total. The third-order valence-corrected chi connectivity index (χ3v) is 3.32. The number of rotatable bonds is 7. The summed E-state index contributed by atoms with van der Waals surface area (Å²) in [6.07, 6.45) is 4.20. The van der Waals surface area contributed by atoms with Gasteiger partial charge in [0.1, 0.15) is 0 Å². The van der Waals surface area contributed by atoms with Crippen molar-refractivity contribution in [2.45, 2.75) is 40.0 Å². The first-order valence-electron chi connectivity index (χ1n) is 6.65. The van der Waals surface area contributed by atoms with Gasteiger partial charge in [-0.3, -0.25) is 0 Å². The van der Waals surface area contributed by atoms with Crippen molar-refractivity contribution in [3.05, 3.63) is 0 Å². The van der Waals surface area contributed by atoms with Gasteiger partial charge in [-0.05, 0) is 57.3 Å². The van der Waals surface area contributed by atoms with Crippen LogP contribution in [0.25, 0.3) is 0 Å². The number of hydrogen-bond acceptors (Lipinski definition) is 2. The highest BCUT2D eigenvalue weighted by Crippen LogP contribution is 2.14. The molecule has 2 heteroatoms. The molecule has 0 aliphatic carbocycles. The topological polar surface area (TPSA) is 15.3 Å². The van der Waals surface area contributed by atoms with Crippen molar-refractivity contribution in [3.8, 4) is 0 Å². The molecule has 0 amide bonds. The number of nitrogens with zero attached hydrogens (tertiary/aromatic N) is 1. The van der Waals surface area contributed by atoms with Gasteiger partial charge >= 0.3 is 0 Å². The molecule has 0 aromatic heterocycles. The molecule has 0 aromatic rings. The van der Waals surface area contributed by atoms with Gasteiger partial charge in [0.15, 0.2) is 0 Å². The summed E-state index contributed by atoms with van der Waals surface area (Å²) >= 11 is 0. The fraction of sp³-hybridized carbons (Fsp3) is 1.00. The van der Waals surface area contributed by atoms with Crippen LogP contribution in [0.3, 0.4) is 0 Å². The zero-order chi connectivity index (χ0) is 11.1. The second-order valence-corrected chi connectivity index (χ2v) is 5.29. The van der Waals surface area contributed by atoms with Gasteiger partial charge in [0, 0.05) is 6.54 Å². The van der Waals surface area contributed by atoms with Crippen molar-refractivity contribution >= 4 is 0 Å². The monoisotopic (exact) mass is 212 g/mol. The molecule has 15 heavy (non-hydrogen) atoms. The molecule has 1 atom stereocenters. The van der Waals surface area contributed by atoms with Crippen molar-refractivity contribution in [3.63, 3.8) is 0 Å². The molecular weight excluding hydrogens is 184 g/mol. The Hall–Kier alpha value is -0.0800. The Labute approximate surface area is 95.4 Å². The fourth-order valence-corrected chi connectivity index (χ4v) is 2.46. The maximum absolute atomic E-state index is 3.44. The van der Waals surface area contributed by atoms with Crippen LogP contribution >= 0.6 is 0 Å². The van der Waals surface area contributed by atoms with Gasteiger partial charge in [0.2, 0.25) is 0 Å². The number of nitrogens with one attached hydrogen (secondary N) is 1. The maximum atomic E-state index is 3.44. The molecule has 0 bridgehead atoms. The van der Waals surface area contributed by atoms with Crippen LogP contribution in [-0.2, 0) is 0 Å². The largest absolute Gasteiger partial charge is 0.316 e. The molecule has 1 unspecified atom stereocenters. The van der Waals surface area contributed by atoms with Gasteiger partial charge in [-0.25, -0.2) is 0 Å². The highest BCUT2D eigenvalue weighted by atomic mass is 15.1. The van der Waals surface area contributed by atoms with Crippen molar-refractivity contribution in [1.82, 2.24) is 10.2 Å². The van der Waals surface area contributed by atoms with Crippen LogP contribution in [0.5, 0.6) is 0 Å². The Kier molecular flexibility index (Phi) is 6.26. The molecule has 0 aromatic carbocycles. The summed E-state index contributed by atoms with van der Waals surface area (Å²) < 4.78 is 0.